The van der Waals surface area contributed by atoms with Crippen molar-refractivity contribution in [2.45, 2.75) is 13.5 Å². The van der Waals surface area contributed by atoms with Crippen LogP contribution in [0.5, 0.6) is 0 Å². The van der Waals surface area contributed by atoms with E-state index in [0.29, 0.717) is 13.1 Å². The van der Waals surface area contributed by atoms with Gasteiger partial charge in [-0.2, -0.15) is 0 Å². The standard InChI is InChI=1S/C8H13N3OS/c1-2-9-5-7(12)11-6-8-10-3-4-13-8/h3-4,9H,2,5-6H2,1H3,(H,11,12). The van der Waals surface area contributed by atoms with Gasteiger partial charge in [0, 0.05) is 11.6 Å². The van der Waals surface area contributed by atoms with Crippen LogP contribution in [0.25, 0.3) is 0 Å². The van der Waals surface area contributed by atoms with Gasteiger partial charge in [-0.15, -0.1) is 11.3 Å². The monoisotopic (exact) mass is 199 g/mol. The van der Waals surface area contributed by atoms with Crippen molar-refractivity contribution in [3.63, 3.8) is 0 Å². The highest BCUT2D eigenvalue weighted by molar-refractivity contribution is 7.09. The van der Waals surface area contributed by atoms with Gasteiger partial charge in [0.25, 0.3) is 0 Å². The number of likely N-dealkylation sites (N-methyl/N-ethyl adjacent to an activating group) is 1. The molecule has 2 N–H and O–H groups in total. The van der Waals surface area contributed by atoms with E-state index in [1.165, 1.54) is 0 Å². The van der Waals surface area contributed by atoms with E-state index in [1.807, 2.05) is 12.3 Å². The van der Waals surface area contributed by atoms with Crippen LogP contribution >= 0.6 is 11.3 Å². The highest BCUT2D eigenvalue weighted by Crippen LogP contribution is 2.01. The summed E-state index contributed by atoms with van der Waals surface area (Å²) in [6.45, 7) is 3.68. The SMILES string of the molecule is CCNCC(=O)NCc1nccs1. The molecule has 0 saturated carbocycles. The largest absolute Gasteiger partial charge is 0.348 e. The molecule has 0 radical (unpaired) electrons. The summed E-state index contributed by atoms with van der Waals surface area (Å²) in [5.74, 6) is 0.0112. The van der Waals surface area contributed by atoms with E-state index in [1.54, 1.807) is 17.5 Å². The quantitative estimate of drug-likeness (QED) is 0.720. The van der Waals surface area contributed by atoms with Crippen molar-refractivity contribution in [2.24, 2.45) is 0 Å². The van der Waals surface area contributed by atoms with Crippen molar-refractivity contribution in [1.29, 1.82) is 0 Å². The smallest absolute Gasteiger partial charge is 0.234 e. The van der Waals surface area contributed by atoms with E-state index in [0.717, 1.165) is 11.6 Å². The minimum atomic E-state index is 0.0112. The van der Waals surface area contributed by atoms with Crippen molar-refractivity contribution in [3.05, 3.63) is 16.6 Å². The highest BCUT2D eigenvalue weighted by Gasteiger charge is 2.00. The number of amides is 1. The molecule has 0 atom stereocenters. The van der Waals surface area contributed by atoms with Gasteiger partial charge in [0.2, 0.25) is 5.91 Å². The van der Waals surface area contributed by atoms with Crippen LogP contribution in [0.3, 0.4) is 0 Å². The lowest BCUT2D eigenvalue weighted by atomic mass is 10.5. The Bertz CT molecular complexity index is 248. The third kappa shape index (κ3) is 4.00. The molecule has 1 aromatic heterocycles. The molecule has 0 unspecified atom stereocenters. The molecule has 0 spiro atoms. The number of aromatic nitrogens is 1. The minimum Gasteiger partial charge on any atom is -0.348 e. The van der Waals surface area contributed by atoms with E-state index in [4.69, 9.17) is 0 Å². The van der Waals surface area contributed by atoms with Gasteiger partial charge in [0.15, 0.2) is 0 Å². The second-order valence-electron chi connectivity index (χ2n) is 2.48. The molecule has 0 fully saturated rings. The summed E-state index contributed by atoms with van der Waals surface area (Å²) in [6, 6.07) is 0. The summed E-state index contributed by atoms with van der Waals surface area (Å²) in [5.41, 5.74) is 0. The number of rotatable bonds is 5. The van der Waals surface area contributed by atoms with Crippen LogP contribution in [-0.4, -0.2) is 24.0 Å². The zero-order chi connectivity index (χ0) is 9.52. The van der Waals surface area contributed by atoms with Crippen LogP contribution in [-0.2, 0) is 11.3 Å². The number of nitrogens with zero attached hydrogens (tertiary/aromatic N) is 1. The van der Waals surface area contributed by atoms with Crippen LogP contribution in [0.4, 0.5) is 0 Å². The molecule has 72 valence electrons. The van der Waals surface area contributed by atoms with Crippen LogP contribution in [0.2, 0.25) is 0 Å². The van der Waals surface area contributed by atoms with Crippen molar-refractivity contribution >= 4 is 17.2 Å². The molecule has 0 aliphatic heterocycles. The van der Waals surface area contributed by atoms with E-state index >= 15 is 0 Å². The zero-order valence-corrected chi connectivity index (χ0v) is 8.36. The van der Waals surface area contributed by atoms with Crippen LogP contribution < -0.4 is 10.6 Å². The molecule has 0 aromatic carbocycles. The molecule has 0 aliphatic rings. The lowest BCUT2D eigenvalue weighted by Gasteiger charge is -2.02. The average molecular weight is 199 g/mol. The van der Waals surface area contributed by atoms with Gasteiger partial charge in [-0.3, -0.25) is 4.79 Å². The van der Waals surface area contributed by atoms with Gasteiger partial charge >= 0.3 is 0 Å². The van der Waals surface area contributed by atoms with Crippen molar-refractivity contribution < 1.29 is 4.79 Å². The third-order valence-electron chi connectivity index (χ3n) is 1.46. The fraction of sp³-hybridized carbons (Fsp3) is 0.500. The summed E-state index contributed by atoms with van der Waals surface area (Å²) >= 11 is 1.54. The number of thiazole rings is 1. The first-order valence-corrected chi connectivity index (χ1v) is 5.06. The predicted octanol–water partition coefficient (Wildman–Crippen LogP) is 0.369. The van der Waals surface area contributed by atoms with Crippen molar-refractivity contribution in [1.82, 2.24) is 15.6 Å². The molecule has 0 saturated heterocycles. The lowest BCUT2D eigenvalue weighted by molar-refractivity contribution is -0.120. The van der Waals surface area contributed by atoms with E-state index < -0.39 is 0 Å². The van der Waals surface area contributed by atoms with Crippen molar-refractivity contribution in [2.75, 3.05) is 13.1 Å². The highest BCUT2D eigenvalue weighted by atomic mass is 32.1. The Labute approximate surface area is 81.4 Å². The summed E-state index contributed by atoms with van der Waals surface area (Å²) in [7, 11) is 0. The maximum atomic E-state index is 11.1. The molecule has 0 bridgehead atoms. The van der Waals surface area contributed by atoms with Gasteiger partial charge in [0.05, 0.1) is 13.1 Å². The van der Waals surface area contributed by atoms with E-state index in [9.17, 15) is 4.79 Å². The van der Waals surface area contributed by atoms with Gasteiger partial charge in [-0.1, -0.05) is 6.92 Å². The Balaban J connectivity index is 2.15. The molecule has 0 aliphatic carbocycles. The summed E-state index contributed by atoms with van der Waals surface area (Å²) in [6.07, 6.45) is 1.73. The van der Waals surface area contributed by atoms with Crippen LogP contribution in [0.15, 0.2) is 11.6 Å². The fourth-order valence-electron chi connectivity index (χ4n) is 0.816. The number of hydrogen-bond acceptors (Lipinski definition) is 4. The molecule has 1 rings (SSSR count). The predicted molar refractivity (Wildman–Crippen MR) is 52.5 cm³/mol. The first kappa shape index (κ1) is 10.1. The third-order valence-corrected chi connectivity index (χ3v) is 2.24. The van der Waals surface area contributed by atoms with Gasteiger partial charge in [-0.25, -0.2) is 4.98 Å². The van der Waals surface area contributed by atoms with Crippen molar-refractivity contribution in [3.8, 4) is 0 Å². The molecule has 5 heteroatoms. The van der Waals surface area contributed by atoms with Crippen LogP contribution in [0.1, 0.15) is 11.9 Å². The molecule has 1 heterocycles. The summed E-state index contributed by atoms with van der Waals surface area (Å²) < 4.78 is 0. The summed E-state index contributed by atoms with van der Waals surface area (Å²) in [5, 5.41) is 8.55. The Morgan fingerprint density at radius 3 is 3.15 bits per heavy atom. The number of nitrogens with one attached hydrogen (secondary N) is 2. The molecule has 1 amide bonds. The lowest BCUT2D eigenvalue weighted by Crippen LogP contribution is -2.33. The number of carbonyl (C=O) groups is 1. The molecule has 4 nitrogen and oxygen atoms in total. The first-order valence-electron chi connectivity index (χ1n) is 4.18. The zero-order valence-electron chi connectivity index (χ0n) is 7.54. The molecular weight excluding hydrogens is 186 g/mol. The Kier molecular flexibility index (Phi) is 4.42. The number of hydrogen-bond donors (Lipinski definition) is 2. The summed E-state index contributed by atoms with van der Waals surface area (Å²) in [4.78, 5) is 15.2. The Hall–Kier alpha value is -0.940. The maximum Gasteiger partial charge on any atom is 0.234 e. The Morgan fingerprint density at radius 1 is 1.69 bits per heavy atom. The topological polar surface area (TPSA) is 54.0 Å². The number of carbonyl (C=O) groups excluding carboxylic acids is 1. The second kappa shape index (κ2) is 5.66. The fourth-order valence-corrected chi connectivity index (χ4v) is 1.37. The average Bonchev–Trinajstić information content (AvgIpc) is 2.64. The van der Waals surface area contributed by atoms with Gasteiger partial charge < -0.3 is 10.6 Å². The Morgan fingerprint density at radius 2 is 2.54 bits per heavy atom. The van der Waals surface area contributed by atoms with Gasteiger partial charge in [-0.05, 0) is 6.54 Å². The van der Waals surface area contributed by atoms with E-state index in [-0.39, 0.29) is 5.91 Å². The first-order chi connectivity index (χ1) is 6.33. The van der Waals surface area contributed by atoms with Crippen LogP contribution in [0, 0.1) is 0 Å². The maximum absolute atomic E-state index is 11.1. The van der Waals surface area contributed by atoms with Gasteiger partial charge in [0.1, 0.15) is 5.01 Å². The molecule has 13 heavy (non-hydrogen) atoms. The molecule has 1 aromatic rings. The van der Waals surface area contributed by atoms with E-state index in [2.05, 4.69) is 15.6 Å². The molecular formula is C8H13N3OS. The normalized spacial score (nSPS) is 9.92. The minimum absolute atomic E-state index is 0.0112. The second-order valence-corrected chi connectivity index (χ2v) is 3.46.